The Morgan fingerprint density at radius 3 is 2.74 bits per heavy atom. The minimum atomic E-state index is 0.108. The molecule has 19 heavy (non-hydrogen) atoms. The number of aromatic nitrogens is 1. The summed E-state index contributed by atoms with van der Waals surface area (Å²) in [6, 6.07) is 11.9. The first-order chi connectivity index (χ1) is 9.04. The molecule has 0 unspecified atom stereocenters. The van der Waals surface area contributed by atoms with Crippen molar-refractivity contribution in [3.8, 4) is 0 Å². The van der Waals surface area contributed by atoms with Gasteiger partial charge in [0.25, 0.3) is 0 Å². The zero-order chi connectivity index (χ0) is 13.8. The molecule has 3 N–H and O–H groups in total. The maximum Gasteiger partial charge on any atom is 0.122 e. The molecule has 0 radical (unpaired) electrons. The molecule has 0 aliphatic carbocycles. The second-order valence-corrected chi connectivity index (χ2v) is 5.52. The van der Waals surface area contributed by atoms with Gasteiger partial charge in [-0.25, -0.2) is 4.98 Å². The molecule has 0 atom stereocenters. The summed E-state index contributed by atoms with van der Waals surface area (Å²) < 4.78 is 0. The minimum absolute atomic E-state index is 0.108. The van der Waals surface area contributed by atoms with Gasteiger partial charge in [-0.2, -0.15) is 0 Å². The highest BCUT2D eigenvalue weighted by Gasteiger charge is 2.02. The summed E-state index contributed by atoms with van der Waals surface area (Å²) in [5, 5.41) is 8.48. The fourth-order valence-electron chi connectivity index (χ4n) is 1.86. The number of hydrogen-bond donors (Lipinski definition) is 2. The zero-order valence-corrected chi connectivity index (χ0v) is 11.9. The molecule has 1 aromatic carbocycles. The largest absolute Gasteiger partial charge is 0.384 e. The van der Waals surface area contributed by atoms with Crippen LogP contribution in [0.4, 0.5) is 0 Å². The number of thioether (sulfide) groups is 1. The van der Waals surface area contributed by atoms with Crippen LogP contribution in [0.15, 0.2) is 41.4 Å². The van der Waals surface area contributed by atoms with Crippen LogP contribution in [0.1, 0.15) is 22.4 Å². The second kappa shape index (κ2) is 5.89. The van der Waals surface area contributed by atoms with Crippen LogP contribution in [0.2, 0.25) is 0 Å². The molecule has 1 heterocycles. The summed E-state index contributed by atoms with van der Waals surface area (Å²) >= 11 is 1.70. The van der Waals surface area contributed by atoms with Crippen LogP contribution in [0, 0.1) is 19.3 Å². The monoisotopic (exact) mass is 271 g/mol. The Kier molecular flexibility index (Phi) is 4.22. The molecule has 3 nitrogen and oxygen atoms in total. The van der Waals surface area contributed by atoms with Crippen LogP contribution in [0.3, 0.4) is 0 Å². The van der Waals surface area contributed by atoms with Crippen molar-refractivity contribution in [1.29, 1.82) is 5.41 Å². The summed E-state index contributed by atoms with van der Waals surface area (Å²) in [6.45, 7) is 4.09. The normalized spacial score (nSPS) is 10.4. The van der Waals surface area contributed by atoms with Crippen molar-refractivity contribution in [2.75, 3.05) is 0 Å². The molecular weight excluding hydrogens is 254 g/mol. The van der Waals surface area contributed by atoms with E-state index in [9.17, 15) is 0 Å². The number of aryl methyl sites for hydroxylation is 2. The summed E-state index contributed by atoms with van der Waals surface area (Å²) in [7, 11) is 0. The number of hydrogen-bond acceptors (Lipinski definition) is 3. The third kappa shape index (κ3) is 3.83. The number of nitrogens with two attached hydrogens (primary N) is 1. The van der Waals surface area contributed by atoms with Gasteiger partial charge >= 0.3 is 0 Å². The third-order valence-corrected chi connectivity index (χ3v) is 3.68. The Hall–Kier alpha value is -1.81. The highest BCUT2D eigenvalue weighted by molar-refractivity contribution is 7.98. The van der Waals surface area contributed by atoms with Crippen molar-refractivity contribution < 1.29 is 0 Å². The Morgan fingerprint density at radius 2 is 2.05 bits per heavy atom. The maximum absolute atomic E-state index is 7.44. The minimum Gasteiger partial charge on any atom is -0.384 e. The van der Waals surface area contributed by atoms with Gasteiger partial charge in [-0.1, -0.05) is 18.2 Å². The van der Waals surface area contributed by atoms with Crippen molar-refractivity contribution in [2.24, 2.45) is 5.73 Å². The fraction of sp³-hybridized carbons (Fsp3) is 0.200. The molecule has 4 heteroatoms. The van der Waals surface area contributed by atoms with E-state index in [1.165, 1.54) is 5.56 Å². The van der Waals surface area contributed by atoms with Crippen molar-refractivity contribution in [2.45, 2.75) is 24.6 Å². The average Bonchev–Trinajstić information content (AvgIpc) is 2.35. The van der Waals surface area contributed by atoms with Crippen LogP contribution in [0.5, 0.6) is 0 Å². The Labute approximate surface area is 117 Å². The summed E-state index contributed by atoms with van der Waals surface area (Å²) in [6.07, 6.45) is 0. The number of nitrogens with zero attached hydrogens (tertiary/aromatic N) is 1. The average molecular weight is 271 g/mol. The number of amidine groups is 1. The van der Waals surface area contributed by atoms with E-state index < -0.39 is 0 Å². The van der Waals surface area contributed by atoms with Gasteiger partial charge in [0.1, 0.15) is 5.84 Å². The highest BCUT2D eigenvalue weighted by Crippen LogP contribution is 2.22. The molecule has 2 rings (SSSR count). The van der Waals surface area contributed by atoms with E-state index in [2.05, 4.69) is 24.0 Å². The van der Waals surface area contributed by atoms with Crippen LogP contribution in [0.25, 0.3) is 0 Å². The van der Waals surface area contributed by atoms with E-state index in [4.69, 9.17) is 11.1 Å². The van der Waals surface area contributed by atoms with Gasteiger partial charge in [0.05, 0.1) is 5.03 Å². The molecule has 1 aromatic heterocycles. The lowest BCUT2D eigenvalue weighted by molar-refractivity contribution is 1.05. The van der Waals surface area contributed by atoms with Gasteiger partial charge in [-0.15, -0.1) is 11.8 Å². The summed E-state index contributed by atoms with van der Waals surface area (Å²) in [5.41, 5.74) is 9.69. The number of benzene rings is 1. The lowest BCUT2D eigenvalue weighted by Gasteiger charge is -2.05. The lowest BCUT2D eigenvalue weighted by Crippen LogP contribution is -2.10. The first-order valence-electron chi connectivity index (χ1n) is 6.06. The van der Waals surface area contributed by atoms with Gasteiger partial charge in [-0.05, 0) is 43.2 Å². The second-order valence-electron chi connectivity index (χ2n) is 4.53. The Bertz CT molecular complexity index is 588. The van der Waals surface area contributed by atoms with Gasteiger partial charge < -0.3 is 5.73 Å². The molecule has 0 bridgehead atoms. The van der Waals surface area contributed by atoms with Crippen molar-refractivity contribution in [3.63, 3.8) is 0 Å². The topological polar surface area (TPSA) is 62.8 Å². The molecule has 0 aliphatic heterocycles. The number of nitrogens with one attached hydrogen (secondary N) is 1. The van der Waals surface area contributed by atoms with E-state index in [-0.39, 0.29) is 5.84 Å². The quantitative estimate of drug-likeness (QED) is 0.509. The molecular formula is C15H17N3S. The number of nitrogen functional groups attached to an aromatic ring is 1. The van der Waals surface area contributed by atoms with E-state index in [1.54, 1.807) is 11.8 Å². The molecule has 0 spiro atoms. The standard InChI is InChI=1S/C15H17N3S/c1-10-6-11(2)18-14(7-10)19-9-12-4-3-5-13(8-12)15(16)17/h3-8H,9H2,1-2H3,(H3,16,17). The fourth-order valence-corrected chi connectivity index (χ4v) is 2.84. The van der Waals surface area contributed by atoms with Crippen molar-refractivity contribution in [1.82, 2.24) is 4.98 Å². The van der Waals surface area contributed by atoms with E-state index >= 15 is 0 Å². The zero-order valence-electron chi connectivity index (χ0n) is 11.1. The van der Waals surface area contributed by atoms with E-state index in [0.717, 1.165) is 27.6 Å². The molecule has 0 saturated heterocycles. The van der Waals surface area contributed by atoms with Gasteiger partial charge in [0.2, 0.25) is 0 Å². The third-order valence-electron chi connectivity index (χ3n) is 2.70. The molecule has 0 aliphatic rings. The van der Waals surface area contributed by atoms with Crippen LogP contribution >= 0.6 is 11.8 Å². The van der Waals surface area contributed by atoms with Gasteiger partial charge in [0.15, 0.2) is 0 Å². The molecule has 0 amide bonds. The highest BCUT2D eigenvalue weighted by atomic mass is 32.2. The van der Waals surface area contributed by atoms with Crippen LogP contribution in [-0.4, -0.2) is 10.8 Å². The van der Waals surface area contributed by atoms with Crippen molar-refractivity contribution >= 4 is 17.6 Å². The number of rotatable bonds is 4. The molecule has 0 saturated carbocycles. The predicted octanol–water partition coefficient (Wildman–Crippen LogP) is 3.27. The molecule has 0 fully saturated rings. The van der Waals surface area contributed by atoms with Gasteiger partial charge in [0, 0.05) is 17.0 Å². The number of pyridine rings is 1. The first kappa shape index (κ1) is 13.6. The predicted molar refractivity (Wildman–Crippen MR) is 80.7 cm³/mol. The summed E-state index contributed by atoms with van der Waals surface area (Å²) in [4.78, 5) is 4.50. The lowest BCUT2D eigenvalue weighted by atomic mass is 10.1. The van der Waals surface area contributed by atoms with Crippen molar-refractivity contribution in [3.05, 3.63) is 58.8 Å². The summed E-state index contributed by atoms with van der Waals surface area (Å²) in [5.74, 6) is 0.938. The smallest absolute Gasteiger partial charge is 0.122 e. The molecule has 98 valence electrons. The SMILES string of the molecule is Cc1cc(C)nc(SCc2cccc(C(=N)N)c2)c1. The van der Waals surface area contributed by atoms with E-state index in [0.29, 0.717) is 0 Å². The molecule has 2 aromatic rings. The Morgan fingerprint density at radius 1 is 1.26 bits per heavy atom. The van der Waals surface area contributed by atoms with Crippen LogP contribution < -0.4 is 5.73 Å². The maximum atomic E-state index is 7.44. The Balaban J connectivity index is 2.10. The van der Waals surface area contributed by atoms with Crippen LogP contribution in [-0.2, 0) is 5.75 Å². The first-order valence-corrected chi connectivity index (χ1v) is 7.04. The van der Waals surface area contributed by atoms with Gasteiger partial charge in [-0.3, -0.25) is 5.41 Å². The van der Waals surface area contributed by atoms with E-state index in [1.807, 2.05) is 31.2 Å².